The number of benzene rings is 1. The van der Waals surface area contributed by atoms with Gasteiger partial charge in [-0.1, -0.05) is 6.92 Å². The number of hydrogen-bond donors (Lipinski definition) is 0. The van der Waals surface area contributed by atoms with Crippen molar-refractivity contribution < 1.29 is 13.9 Å². The third-order valence-corrected chi connectivity index (χ3v) is 3.44. The average molecular weight is 280 g/mol. The fourth-order valence-corrected chi connectivity index (χ4v) is 2.30. The van der Waals surface area contributed by atoms with Crippen molar-refractivity contribution in [2.45, 2.75) is 13.3 Å². The number of hydrogen-bond acceptors (Lipinski definition) is 3. The minimum absolute atomic E-state index is 0.00882. The maximum absolute atomic E-state index is 12.7. The van der Waals surface area contributed by atoms with Gasteiger partial charge in [-0.15, -0.1) is 0 Å². The molecule has 1 aromatic rings. The highest BCUT2D eigenvalue weighted by atomic mass is 19.1. The molecule has 1 amide bonds. The van der Waals surface area contributed by atoms with Crippen LogP contribution in [0.2, 0.25) is 0 Å². The summed E-state index contributed by atoms with van der Waals surface area (Å²) >= 11 is 0. The van der Waals surface area contributed by atoms with Crippen molar-refractivity contribution in [1.29, 1.82) is 0 Å². The summed E-state index contributed by atoms with van der Waals surface area (Å²) in [7, 11) is 0. The number of nitrogens with zero attached hydrogens (tertiary/aromatic N) is 2. The molecule has 5 heteroatoms. The predicted molar refractivity (Wildman–Crippen MR) is 75.2 cm³/mol. The van der Waals surface area contributed by atoms with Crippen LogP contribution in [0, 0.1) is 5.82 Å². The molecule has 1 aliphatic heterocycles. The number of rotatable bonds is 5. The molecular formula is C15H21FN2O2. The Labute approximate surface area is 119 Å². The fourth-order valence-electron chi connectivity index (χ4n) is 2.30. The zero-order chi connectivity index (χ0) is 14.4. The molecule has 0 unspecified atom stereocenters. The Kier molecular flexibility index (Phi) is 5.35. The molecule has 1 heterocycles. The lowest BCUT2D eigenvalue weighted by Crippen LogP contribution is -2.50. The lowest BCUT2D eigenvalue weighted by Gasteiger charge is -2.34. The van der Waals surface area contributed by atoms with Crippen molar-refractivity contribution in [3.05, 3.63) is 30.1 Å². The van der Waals surface area contributed by atoms with Gasteiger partial charge >= 0.3 is 0 Å². The van der Waals surface area contributed by atoms with Gasteiger partial charge in [-0.25, -0.2) is 4.39 Å². The summed E-state index contributed by atoms with van der Waals surface area (Å²) in [5, 5.41) is 0. The molecule has 2 rings (SSSR count). The summed E-state index contributed by atoms with van der Waals surface area (Å²) < 4.78 is 18.1. The van der Waals surface area contributed by atoms with Gasteiger partial charge in [-0.05, 0) is 37.2 Å². The summed E-state index contributed by atoms with van der Waals surface area (Å²) in [5.41, 5.74) is 0. The van der Waals surface area contributed by atoms with Gasteiger partial charge in [0.25, 0.3) is 5.91 Å². The summed E-state index contributed by atoms with van der Waals surface area (Å²) in [4.78, 5) is 16.2. The molecule has 0 spiro atoms. The Balaban J connectivity index is 1.74. The summed E-state index contributed by atoms with van der Waals surface area (Å²) in [6, 6.07) is 5.70. The molecule has 0 aromatic heterocycles. The van der Waals surface area contributed by atoms with E-state index >= 15 is 0 Å². The Morgan fingerprint density at radius 2 is 1.85 bits per heavy atom. The van der Waals surface area contributed by atoms with E-state index in [0.717, 1.165) is 39.1 Å². The van der Waals surface area contributed by atoms with E-state index in [1.54, 1.807) is 0 Å². The van der Waals surface area contributed by atoms with Crippen LogP contribution in [0.5, 0.6) is 5.75 Å². The zero-order valence-electron chi connectivity index (χ0n) is 11.8. The number of amides is 1. The molecule has 0 saturated carbocycles. The van der Waals surface area contributed by atoms with Crippen molar-refractivity contribution >= 4 is 5.91 Å². The molecule has 0 radical (unpaired) electrons. The predicted octanol–water partition coefficient (Wildman–Crippen LogP) is 1.76. The first-order chi connectivity index (χ1) is 9.69. The molecule has 110 valence electrons. The number of piperazine rings is 1. The third-order valence-electron chi connectivity index (χ3n) is 3.44. The second-order valence-corrected chi connectivity index (χ2v) is 4.97. The maximum atomic E-state index is 12.7. The van der Waals surface area contributed by atoms with E-state index in [1.165, 1.54) is 24.3 Å². The standard InChI is InChI=1S/C15H21FN2O2/c1-2-7-17-8-10-18(11-9-17)15(19)12-20-14-5-3-13(16)4-6-14/h3-6H,2,7-12H2,1H3. The molecule has 0 atom stereocenters. The first kappa shape index (κ1) is 14.8. The molecule has 1 saturated heterocycles. The van der Waals surface area contributed by atoms with Crippen LogP contribution in [0.15, 0.2) is 24.3 Å². The van der Waals surface area contributed by atoms with Crippen LogP contribution >= 0.6 is 0 Å². The van der Waals surface area contributed by atoms with Crippen LogP contribution in [-0.2, 0) is 4.79 Å². The van der Waals surface area contributed by atoms with Crippen LogP contribution in [0.1, 0.15) is 13.3 Å². The molecule has 4 nitrogen and oxygen atoms in total. The highest BCUT2D eigenvalue weighted by Crippen LogP contribution is 2.11. The average Bonchev–Trinajstić information content (AvgIpc) is 2.47. The minimum atomic E-state index is -0.310. The molecular weight excluding hydrogens is 259 g/mol. The van der Waals surface area contributed by atoms with Crippen molar-refractivity contribution in [2.24, 2.45) is 0 Å². The lowest BCUT2D eigenvalue weighted by atomic mass is 10.3. The Hall–Kier alpha value is -1.62. The second-order valence-electron chi connectivity index (χ2n) is 4.97. The number of carbonyl (C=O) groups excluding carboxylic acids is 1. The number of ether oxygens (including phenoxy) is 1. The first-order valence-corrected chi connectivity index (χ1v) is 7.07. The second kappa shape index (κ2) is 7.24. The van der Waals surface area contributed by atoms with Gasteiger partial charge in [0.15, 0.2) is 6.61 Å². The molecule has 1 aliphatic rings. The fraction of sp³-hybridized carbons (Fsp3) is 0.533. The maximum Gasteiger partial charge on any atom is 0.260 e. The molecule has 1 fully saturated rings. The molecule has 0 bridgehead atoms. The smallest absolute Gasteiger partial charge is 0.260 e. The van der Waals surface area contributed by atoms with Crippen LogP contribution in [-0.4, -0.2) is 55.0 Å². The van der Waals surface area contributed by atoms with E-state index in [0.29, 0.717) is 5.75 Å². The largest absolute Gasteiger partial charge is 0.484 e. The van der Waals surface area contributed by atoms with Gasteiger partial charge < -0.3 is 9.64 Å². The Bertz CT molecular complexity index is 428. The van der Waals surface area contributed by atoms with E-state index in [1.807, 2.05) is 4.90 Å². The van der Waals surface area contributed by atoms with Gasteiger partial charge in [0.2, 0.25) is 0 Å². The van der Waals surface area contributed by atoms with Crippen LogP contribution in [0.3, 0.4) is 0 Å². The van der Waals surface area contributed by atoms with Crippen molar-refractivity contribution in [3.8, 4) is 5.75 Å². The summed E-state index contributed by atoms with van der Waals surface area (Å²) in [5.74, 6) is 0.200. The van der Waals surface area contributed by atoms with Gasteiger partial charge in [0.1, 0.15) is 11.6 Å². The highest BCUT2D eigenvalue weighted by Gasteiger charge is 2.20. The van der Waals surface area contributed by atoms with Crippen molar-refractivity contribution in [1.82, 2.24) is 9.80 Å². The summed E-state index contributed by atoms with van der Waals surface area (Å²) in [6.07, 6.45) is 1.14. The van der Waals surface area contributed by atoms with E-state index in [2.05, 4.69) is 11.8 Å². The van der Waals surface area contributed by atoms with E-state index in [-0.39, 0.29) is 18.3 Å². The molecule has 20 heavy (non-hydrogen) atoms. The van der Waals surface area contributed by atoms with Gasteiger partial charge in [-0.2, -0.15) is 0 Å². The van der Waals surface area contributed by atoms with Gasteiger partial charge in [0.05, 0.1) is 0 Å². The van der Waals surface area contributed by atoms with Crippen molar-refractivity contribution in [2.75, 3.05) is 39.3 Å². The lowest BCUT2D eigenvalue weighted by molar-refractivity contribution is -0.135. The van der Waals surface area contributed by atoms with E-state index < -0.39 is 0 Å². The van der Waals surface area contributed by atoms with Crippen molar-refractivity contribution in [3.63, 3.8) is 0 Å². The highest BCUT2D eigenvalue weighted by molar-refractivity contribution is 5.77. The molecule has 0 N–H and O–H groups in total. The molecule has 1 aromatic carbocycles. The normalized spacial score (nSPS) is 16.2. The quantitative estimate of drug-likeness (QED) is 0.824. The summed E-state index contributed by atoms with van der Waals surface area (Å²) in [6.45, 7) is 6.63. The van der Waals surface area contributed by atoms with Crippen LogP contribution in [0.25, 0.3) is 0 Å². The Morgan fingerprint density at radius 3 is 2.45 bits per heavy atom. The number of halogens is 1. The monoisotopic (exact) mass is 280 g/mol. The van der Waals surface area contributed by atoms with Crippen LogP contribution in [0.4, 0.5) is 4.39 Å². The third kappa shape index (κ3) is 4.20. The van der Waals surface area contributed by atoms with E-state index in [9.17, 15) is 9.18 Å². The molecule has 0 aliphatic carbocycles. The zero-order valence-corrected chi connectivity index (χ0v) is 11.8. The van der Waals surface area contributed by atoms with E-state index in [4.69, 9.17) is 4.74 Å². The first-order valence-electron chi connectivity index (χ1n) is 7.07. The van der Waals surface area contributed by atoms with Gasteiger partial charge in [-0.3, -0.25) is 9.69 Å². The minimum Gasteiger partial charge on any atom is -0.484 e. The SMILES string of the molecule is CCCN1CCN(C(=O)COc2ccc(F)cc2)CC1. The van der Waals surface area contributed by atoms with Gasteiger partial charge in [0, 0.05) is 26.2 Å². The Morgan fingerprint density at radius 1 is 1.20 bits per heavy atom. The van der Waals surface area contributed by atoms with Crippen LogP contribution < -0.4 is 4.74 Å². The topological polar surface area (TPSA) is 32.8 Å². The number of carbonyl (C=O) groups is 1.